The summed E-state index contributed by atoms with van der Waals surface area (Å²) in [7, 11) is 1.82. The molecule has 0 saturated heterocycles. The minimum Gasteiger partial charge on any atom is -0.387 e. The Kier molecular flexibility index (Phi) is 6.00. The van der Waals surface area contributed by atoms with Crippen LogP contribution in [0.4, 0.5) is 0 Å². The van der Waals surface area contributed by atoms with Gasteiger partial charge in [0.25, 0.3) is 0 Å². The van der Waals surface area contributed by atoms with Crippen LogP contribution in [0.15, 0.2) is 12.1 Å². The minimum absolute atomic E-state index is 0.256. The highest BCUT2D eigenvalue weighted by molar-refractivity contribution is 6.44. The van der Waals surface area contributed by atoms with E-state index in [1.54, 1.807) is 12.1 Å². The molecule has 0 fully saturated rings. The van der Waals surface area contributed by atoms with E-state index in [9.17, 15) is 5.11 Å². The Morgan fingerprint density at radius 3 is 2.47 bits per heavy atom. The zero-order chi connectivity index (χ0) is 13.0. The minimum atomic E-state index is -0.929. The molecule has 2 unspecified atom stereocenters. The van der Waals surface area contributed by atoms with Gasteiger partial charge in [0.1, 0.15) is 0 Å². The summed E-state index contributed by atoms with van der Waals surface area (Å²) in [6.45, 7) is 0.702. The highest BCUT2D eigenvalue weighted by atomic mass is 35.5. The molecule has 0 aromatic heterocycles. The molecule has 0 aliphatic rings. The Hall–Kier alpha value is -0.0300. The Morgan fingerprint density at radius 1 is 1.29 bits per heavy atom. The molecule has 1 aromatic carbocycles. The summed E-state index contributed by atoms with van der Waals surface area (Å²) in [5.41, 5.74) is 6.27. The van der Waals surface area contributed by atoms with E-state index in [1.807, 2.05) is 7.05 Å². The number of aliphatic hydroxyl groups is 1. The van der Waals surface area contributed by atoms with Crippen molar-refractivity contribution in [2.75, 3.05) is 13.6 Å². The first-order valence-electron chi connectivity index (χ1n) is 5.20. The zero-order valence-corrected chi connectivity index (χ0v) is 11.6. The number of hydrogen-bond donors (Lipinski definition) is 3. The van der Waals surface area contributed by atoms with Crippen LogP contribution < -0.4 is 11.1 Å². The number of benzene rings is 1. The van der Waals surface area contributed by atoms with Crippen LogP contribution in [0.3, 0.4) is 0 Å². The summed E-state index contributed by atoms with van der Waals surface area (Å²) >= 11 is 17.9. The summed E-state index contributed by atoms with van der Waals surface area (Å²) in [4.78, 5) is 0. The Morgan fingerprint density at radius 2 is 1.88 bits per heavy atom. The van der Waals surface area contributed by atoms with E-state index in [-0.39, 0.29) is 5.02 Å². The van der Waals surface area contributed by atoms with Gasteiger partial charge in [-0.15, -0.1) is 0 Å². The lowest BCUT2D eigenvalue weighted by Crippen LogP contribution is -2.31. The molecule has 4 N–H and O–H groups in total. The van der Waals surface area contributed by atoms with Gasteiger partial charge in [-0.25, -0.2) is 0 Å². The molecule has 0 radical (unpaired) electrons. The maximum absolute atomic E-state index is 10.1. The van der Waals surface area contributed by atoms with Crippen molar-refractivity contribution in [3.8, 4) is 0 Å². The monoisotopic (exact) mass is 296 g/mol. The van der Waals surface area contributed by atoms with Crippen molar-refractivity contribution >= 4 is 34.8 Å². The van der Waals surface area contributed by atoms with Crippen molar-refractivity contribution in [2.45, 2.75) is 18.6 Å². The molecule has 0 aliphatic heterocycles. The molecule has 96 valence electrons. The molecule has 0 spiro atoms. The smallest absolute Gasteiger partial charge is 0.0970 e. The number of rotatable bonds is 5. The van der Waals surface area contributed by atoms with Crippen molar-refractivity contribution in [3.05, 3.63) is 32.8 Å². The summed E-state index contributed by atoms with van der Waals surface area (Å²) in [5.74, 6) is 0. The van der Waals surface area contributed by atoms with Gasteiger partial charge < -0.3 is 16.2 Å². The number of nitrogens with one attached hydrogen (secondary N) is 1. The summed E-state index contributed by atoms with van der Waals surface area (Å²) < 4.78 is 0. The van der Waals surface area contributed by atoms with E-state index in [0.717, 1.165) is 0 Å². The molecule has 3 nitrogen and oxygen atoms in total. The number of nitrogens with two attached hydrogens (primary N) is 1. The van der Waals surface area contributed by atoms with Crippen LogP contribution in [0.5, 0.6) is 0 Å². The van der Waals surface area contributed by atoms with E-state index in [2.05, 4.69) is 5.32 Å². The molecular weight excluding hydrogens is 282 g/mol. The van der Waals surface area contributed by atoms with Gasteiger partial charge in [0.2, 0.25) is 0 Å². The topological polar surface area (TPSA) is 58.3 Å². The molecule has 2 atom stereocenters. The maximum Gasteiger partial charge on any atom is 0.0970 e. The predicted molar refractivity (Wildman–Crippen MR) is 73.0 cm³/mol. The largest absolute Gasteiger partial charge is 0.387 e. The van der Waals surface area contributed by atoms with Gasteiger partial charge in [0.15, 0.2) is 0 Å². The van der Waals surface area contributed by atoms with Gasteiger partial charge in [-0.05, 0) is 32.1 Å². The fourth-order valence-corrected chi connectivity index (χ4v) is 2.26. The maximum atomic E-state index is 10.1. The first kappa shape index (κ1) is 15.0. The molecule has 0 amide bonds. The number of halogens is 3. The Bertz CT molecular complexity index is 387. The van der Waals surface area contributed by atoms with Gasteiger partial charge in [-0.3, -0.25) is 0 Å². The van der Waals surface area contributed by atoms with Crippen molar-refractivity contribution in [1.29, 1.82) is 0 Å². The van der Waals surface area contributed by atoms with Crippen LogP contribution in [0.1, 0.15) is 18.1 Å². The standard InChI is InChI=1S/C11H15Cl3N2O/c1-16-5-4-8(15)11(17)9-6(12)2-3-7(13)10(9)14/h2-3,8,11,16-17H,4-5,15H2,1H3. The number of hydrogen-bond acceptors (Lipinski definition) is 3. The van der Waals surface area contributed by atoms with Crippen molar-refractivity contribution < 1.29 is 5.11 Å². The molecule has 1 aromatic rings. The van der Waals surface area contributed by atoms with Crippen molar-refractivity contribution in [2.24, 2.45) is 5.73 Å². The van der Waals surface area contributed by atoms with Crippen molar-refractivity contribution in [3.63, 3.8) is 0 Å². The molecular formula is C11H15Cl3N2O. The Labute approximate surface area is 116 Å². The SMILES string of the molecule is CNCCC(N)C(O)c1c(Cl)ccc(Cl)c1Cl. The number of aliphatic hydroxyl groups excluding tert-OH is 1. The molecule has 6 heteroatoms. The average Bonchev–Trinajstić information content (AvgIpc) is 2.31. The first-order valence-corrected chi connectivity index (χ1v) is 6.34. The second-order valence-electron chi connectivity index (χ2n) is 3.76. The first-order chi connectivity index (χ1) is 7.99. The van der Waals surface area contributed by atoms with Crippen LogP contribution in [0.2, 0.25) is 15.1 Å². The lowest BCUT2D eigenvalue weighted by molar-refractivity contribution is 0.142. The summed E-state index contributed by atoms with van der Waals surface area (Å²) in [6.07, 6.45) is -0.321. The van der Waals surface area contributed by atoms with Crippen LogP contribution in [0.25, 0.3) is 0 Å². The van der Waals surface area contributed by atoms with Crippen LogP contribution >= 0.6 is 34.8 Å². The van der Waals surface area contributed by atoms with Gasteiger partial charge in [-0.2, -0.15) is 0 Å². The third-order valence-corrected chi connectivity index (χ3v) is 3.66. The third-order valence-electron chi connectivity index (χ3n) is 2.51. The van der Waals surface area contributed by atoms with Crippen LogP contribution in [0, 0.1) is 0 Å². The lowest BCUT2D eigenvalue weighted by Gasteiger charge is -2.21. The fourth-order valence-electron chi connectivity index (χ4n) is 1.50. The quantitative estimate of drug-likeness (QED) is 0.732. The third kappa shape index (κ3) is 3.71. The van der Waals surface area contributed by atoms with Gasteiger partial charge in [-0.1, -0.05) is 34.8 Å². The zero-order valence-electron chi connectivity index (χ0n) is 9.38. The second-order valence-corrected chi connectivity index (χ2v) is 4.95. The van der Waals surface area contributed by atoms with Crippen molar-refractivity contribution in [1.82, 2.24) is 5.32 Å². The predicted octanol–water partition coefficient (Wildman–Crippen LogP) is 2.62. The van der Waals surface area contributed by atoms with E-state index in [0.29, 0.717) is 28.6 Å². The fraction of sp³-hybridized carbons (Fsp3) is 0.455. The van der Waals surface area contributed by atoms with Gasteiger partial charge in [0, 0.05) is 16.6 Å². The van der Waals surface area contributed by atoms with E-state index >= 15 is 0 Å². The van der Waals surface area contributed by atoms with Crippen LogP contribution in [-0.4, -0.2) is 24.7 Å². The van der Waals surface area contributed by atoms with Crippen LogP contribution in [-0.2, 0) is 0 Å². The highest BCUT2D eigenvalue weighted by Gasteiger charge is 2.23. The van der Waals surface area contributed by atoms with Gasteiger partial charge in [0.05, 0.1) is 16.1 Å². The molecule has 0 heterocycles. The molecule has 17 heavy (non-hydrogen) atoms. The molecule has 0 aliphatic carbocycles. The van der Waals surface area contributed by atoms with E-state index < -0.39 is 12.1 Å². The summed E-state index contributed by atoms with van der Waals surface area (Å²) in [6, 6.07) is 2.73. The molecule has 0 bridgehead atoms. The van der Waals surface area contributed by atoms with E-state index in [1.165, 1.54) is 0 Å². The normalized spacial score (nSPS) is 14.7. The van der Waals surface area contributed by atoms with Gasteiger partial charge >= 0.3 is 0 Å². The molecule has 0 saturated carbocycles. The lowest BCUT2D eigenvalue weighted by atomic mass is 10.0. The average molecular weight is 298 g/mol. The molecule has 1 rings (SSSR count). The highest BCUT2D eigenvalue weighted by Crippen LogP contribution is 2.36. The second kappa shape index (κ2) is 6.78. The summed E-state index contributed by atoms with van der Waals surface area (Å²) in [5, 5.41) is 14.1. The van der Waals surface area contributed by atoms with E-state index in [4.69, 9.17) is 40.5 Å². The Balaban J connectivity index is 2.95.